The Balaban J connectivity index is 1.71. The van der Waals surface area contributed by atoms with Crippen LogP contribution < -0.4 is 5.32 Å². The molecular formula is C26H33F3N4O3. The van der Waals surface area contributed by atoms with Crippen molar-refractivity contribution in [1.29, 1.82) is 0 Å². The predicted octanol–water partition coefficient (Wildman–Crippen LogP) is 3.24. The van der Waals surface area contributed by atoms with Gasteiger partial charge >= 0.3 is 12.1 Å². The summed E-state index contributed by atoms with van der Waals surface area (Å²) in [5.41, 5.74) is 2.30. The highest BCUT2D eigenvalue weighted by atomic mass is 19.4. The number of ether oxygens (including phenoxy) is 1. The summed E-state index contributed by atoms with van der Waals surface area (Å²) < 4.78 is 45.3. The van der Waals surface area contributed by atoms with Gasteiger partial charge in [-0.25, -0.2) is 0 Å². The highest BCUT2D eigenvalue weighted by Gasteiger charge is 2.33. The van der Waals surface area contributed by atoms with Gasteiger partial charge in [-0.3, -0.25) is 14.5 Å². The van der Waals surface area contributed by atoms with Crippen LogP contribution in [0.1, 0.15) is 22.3 Å². The van der Waals surface area contributed by atoms with Gasteiger partial charge in [-0.05, 0) is 49.3 Å². The number of nitrogens with one attached hydrogen (secondary N) is 1. The van der Waals surface area contributed by atoms with E-state index in [0.29, 0.717) is 32.6 Å². The molecule has 36 heavy (non-hydrogen) atoms. The number of fused-ring (bicyclic) bond motifs is 1. The molecule has 1 amide bonds. The van der Waals surface area contributed by atoms with Gasteiger partial charge in [0.05, 0.1) is 25.8 Å². The van der Waals surface area contributed by atoms with E-state index in [1.54, 1.807) is 6.07 Å². The minimum Gasteiger partial charge on any atom is -0.468 e. The van der Waals surface area contributed by atoms with Gasteiger partial charge in [0.15, 0.2) is 0 Å². The number of amides is 1. The normalized spacial score (nSPS) is 13.9. The Bertz CT molecular complexity index is 1060. The summed E-state index contributed by atoms with van der Waals surface area (Å²) in [6.45, 7) is 2.15. The lowest BCUT2D eigenvalue weighted by Crippen LogP contribution is -2.40. The van der Waals surface area contributed by atoms with E-state index in [4.69, 9.17) is 4.74 Å². The van der Waals surface area contributed by atoms with Crippen LogP contribution in [0.5, 0.6) is 0 Å². The third-order valence-corrected chi connectivity index (χ3v) is 6.21. The van der Waals surface area contributed by atoms with Crippen molar-refractivity contribution in [2.24, 2.45) is 0 Å². The number of hydrogen-bond acceptors (Lipinski definition) is 6. The maximum absolute atomic E-state index is 13.5. The zero-order valence-corrected chi connectivity index (χ0v) is 20.9. The molecule has 10 heteroatoms. The standard InChI is InChI=1S/C26H33F3N4O3/c1-31(2)13-14-33(17-20-7-4-5-9-22(20)26(27,28)29)24(34)15-30-23-10-6-8-19-16-32(12-11-21(19)23)18-25(35)36-3/h4-10,30H,11-18H2,1-3H3. The number of rotatable bonds is 10. The van der Waals surface area contributed by atoms with E-state index in [1.165, 1.54) is 24.1 Å². The average molecular weight is 507 g/mol. The monoisotopic (exact) mass is 506 g/mol. The molecule has 0 fully saturated rings. The van der Waals surface area contributed by atoms with Gasteiger partial charge in [-0.15, -0.1) is 0 Å². The molecule has 1 aliphatic rings. The molecule has 1 aliphatic heterocycles. The number of hydrogen-bond donors (Lipinski definition) is 1. The van der Waals surface area contributed by atoms with Crippen LogP contribution in [-0.2, 0) is 40.0 Å². The van der Waals surface area contributed by atoms with Gasteiger partial charge in [0.1, 0.15) is 0 Å². The molecule has 1 N–H and O–H groups in total. The van der Waals surface area contributed by atoms with Crippen molar-refractivity contribution >= 4 is 17.6 Å². The minimum absolute atomic E-state index is 0.0378. The summed E-state index contributed by atoms with van der Waals surface area (Å²) in [4.78, 5) is 30.1. The smallest absolute Gasteiger partial charge is 0.416 e. The summed E-state index contributed by atoms with van der Waals surface area (Å²) in [5, 5.41) is 3.20. The fourth-order valence-corrected chi connectivity index (χ4v) is 4.25. The van der Waals surface area contributed by atoms with Crippen molar-refractivity contribution < 1.29 is 27.5 Å². The predicted molar refractivity (Wildman–Crippen MR) is 131 cm³/mol. The molecule has 196 valence electrons. The Morgan fingerprint density at radius 2 is 1.83 bits per heavy atom. The number of methoxy groups -OCH3 is 1. The maximum atomic E-state index is 13.5. The molecule has 0 radical (unpaired) electrons. The van der Waals surface area contributed by atoms with Gasteiger partial charge in [-0.2, -0.15) is 13.2 Å². The van der Waals surface area contributed by atoms with Gasteiger partial charge in [0.2, 0.25) is 5.91 Å². The number of carbonyl (C=O) groups is 2. The number of benzene rings is 2. The molecule has 2 aromatic rings. The van der Waals surface area contributed by atoms with Crippen LogP contribution in [0.2, 0.25) is 0 Å². The fourth-order valence-electron chi connectivity index (χ4n) is 4.25. The summed E-state index contributed by atoms with van der Waals surface area (Å²) in [5.74, 6) is -0.571. The van der Waals surface area contributed by atoms with E-state index >= 15 is 0 Å². The maximum Gasteiger partial charge on any atom is 0.416 e. The van der Waals surface area contributed by atoms with E-state index in [2.05, 4.69) is 5.32 Å². The van der Waals surface area contributed by atoms with Crippen LogP contribution in [0.3, 0.4) is 0 Å². The lowest BCUT2D eigenvalue weighted by atomic mass is 9.97. The van der Waals surface area contributed by atoms with Crippen molar-refractivity contribution in [2.75, 3.05) is 59.2 Å². The number of anilines is 1. The molecular weight excluding hydrogens is 473 g/mol. The van der Waals surface area contributed by atoms with E-state index in [-0.39, 0.29) is 37.1 Å². The molecule has 7 nitrogen and oxygen atoms in total. The summed E-state index contributed by atoms with van der Waals surface area (Å²) >= 11 is 0. The van der Waals surface area contributed by atoms with Crippen molar-refractivity contribution in [2.45, 2.75) is 25.7 Å². The molecule has 0 aromatic heterocycles. The zero-order valence-electron chi connectivity index (χ0n) is 20.9. The molecule has 0 saturated carbocycles. The van der Waals surface area contributed by atoms with Crippen molar-refractivity contribution in [3.63, 3.8) is 0 Å². The zero-order chi connectivity index (χ0) is 26.3. The Kier molecular flexibility index (Phi) is 9.33. The quantitative estimate of drug-likeness (QED) is 0.500. The summed E-state index contributed by atoms with van der Waals surface area (Å²) in [6.07, 6.45) is -3.79. The summed E-state index contributed by atoms with van der Waals surface area (Å²) in [7, 11) is 5.07. The first-order valence-corrected chi connectivity index (χ1v) is 11.8. The lowest BCUT2D eigenvalue weighted by molar-refractivity contribution is -0.142. The van der Waals surface area contributed by atoms with Crippen LogP contribution in [-0.4, -0.2) is 80.5 Å². The number of likely N-dealkylation sites (N-methyl/N-ethyl adjacent to an activating group) is 1. The molecule has 0 atom stereocenters. The Morgan fingerprint density at radius 3 is 2.53 bits per heavy atom. The average Bonchev–Trinajstić information content (AvgIpc) is 2.84. The van der Waals surface area contributed by atoms with E-state index in [0.717, 1.165) is 22.9 Å². The third-order valence-electron chi connectivity index (χ3n) is 6.21. The van der Waals surface area contributed by atoms with Crippen molar-refractivity contribution in [3.8, 4) is 0 Å². The molecule has 0 aliphatic carbocycles. The van der Waals surface area contributed by atoms with Crippen LogP contribution in [0.25, 0.3) is 0 Å². The van der Waals surface area contributed by atoms with E-state index < -0.39 is 11.7 Å². The highest BCUT2D eigenvalue weighted by molar-refractivity contribution is 5.81. The van der Waals surface area contributed by atoms with Gasteiger partial charge < -0.3 is 19.9 Å². The second-order valence-corrected chi connectivity index (χ2v) is 9.11. The first kappa shape index (κ1) is 27.5. The second kappa shape index (κ2) is 12.2. The second-order valence-electron chi connectivity index (χ2n) is 9.11. The van der Waals surface area contributed by atoms with E-state index in [9.17, 15) is 22.8 Å². The lowest BCUT2D eigenvalue weighted by Gasteiger charge is -2.30. The Labute approximate surface area is 209 Å². The third kappa shape index (κ3) is 7.44. The topological polar surface area (TPSA) is 65.1 Å². The van der Waals surface area contributed by atoms with E-state index in [1.807, 2.05) is 42.1 Å². The number of alkyl halides is 3. The SMILES string of the molecule is COC(=O)CN1CCc2c(cccc2NCC(=O)N(CCN(C)C)Cc2ccccc2C(F)(F)F)C1. The van der Waals surface area contributed by atoms with Crippen molar-refractivity contribution in [3.05, 3.63) is 64.7 Å². The van der Waals surface area contributed by atoms with Crippen LogP contribution >= 0.6 is 0 Å². The molecule has 0 bridgehead atoms. The van der Waals surface area contributed by atoms with Crippen LogP contribution in [0, 0.1) is 0 Å². The van der Waals surface area contributed by atoms with Gasteiger partial charge in [-0.1, -0.05) is 30.3 Å². The molecule has 0 spiro atoms. The first-order valence-electron chi connectivity index (χ1n) is 11.8. The molecule has 2 aromatic carbocycles. The number of nitrogens with zero attached hydrogens (tertiary/aromatic N) is 3. The summed E-state index contributed by atoms with van der Waals surface area (Å²) in [6, 6.07) is 11.1. The van der Waals surface area contributed by atoms with Gasteiger partial charge in [0, 0.05) is 38.4 Å². The first-order chi connectivity index (χ1) is 17.1. The fraction of sp³-hybridized carbons (Fsp3) is 0.462. The van der Waals surface area contributed by atoms with Gasteiger partial charge in [0.25, 0.3) is 0 Å². The Hall–Kier alpha value is -3.11. The molecule has 1 heterocycles. The Morgan fingerprint density at radius 1 is 1.08 bits per heavy atom. The number of esters is 1. The highest BCUT2D eigenvalue weighted by Crippen LogP contribution is 2.32. The largest absolute Gasteiger partial charge is 0.468 e. The number of halogens is 3. The van der Waals surface area contributed by atoms with Crippen LogP contribution in [0.15, 0.2) is 42.5 Å². The van der Waals surface area contributed by atoms with Crippen LogP contribution in [0.4, 0.5) is 18.9 Å². The minimum atomic E-state index is -4.49. The van der Waals surface area contributed by atoms with Crippen molar-refractivity contribution in [1.82, 2.24) is 14.7 Å². The number of carbonyl (C=O) groups excluding carboxylic acids is 2. The molecule has 0 unspecified atom stereocenters. The molecule has 0 saturated heterocycles. The molecule has 3 rings (SSSR count).